The van der Waals surface area contributed by atoms with Crippen molar-refractivity contribution in [3.63, 3.8) is 0 Å². The number of fused-ring (bicyclic) bond motifs is 4. The molecule has 2 aliphatic heterocycles. The maximum Gasteiger partial charge on any atom is 0.316 e. The number of aromatic nitrogens is 1. The molecule has 2 unspecified atom stereocenters. The summed E-state index contributed by atoms with van der Waals surface area (Å²) in [5, 5.41) is 0.953. The first-order valence-corrected chi connectivity index (χ1v) is 9.40. The zero-order valence-electron chi connectivity index (χ0n) is 16.0. The Morgan fingerprint density at radius 3 is 2.64 bits per heavy atom. The van der Waals surface area contributed by atoms with Crippen molar-refractivity contribution in [3.8, 4) is 0 Å². The summed E-state index contributed by atoms with van der Waals surface area (Å²) in [7, 11) is 0. The molecule has 2 aliphatic rings. The Labute approximate surface area is 162 Å². The predicted octanol–water partition coefficient (Wildman–Crippen LogP) is 3.99. The average molecular weight is 372 g/mol. The number of hydrogen-bond donors (Lipinski definition) is 0. The molecular formula is C23H20N2O3. The summed E-state index contributed by atoms with van der Waals surface area (Å²) >= 11 is 0. The standard InChI is InChI=1S/C23H20N2O3/c1-13-10-11-14-7-6-12-24-18(14)19(13)25-20-17(22(27)28-23(20,2)3)15-8-4-5-9-16(15)21(25)26/h4-12,17,20H,1-3H3. The van der Waals surface area contributed by atoms with Crippen LogP contribution in [0, 0.1) is 6.92 Å². The van der Waals surface area contributed by atoms with Gasteiger partial charge in [-0.15, -0.1) is 0 Å². The molecule has 0 saturated carbocycles. The quantitative estimate of drug-likeness (QED) is 0.606. The molecule has 140 valence electrons. The number of hydrogen-bond acceptors (Lipinski definition) is 4. The van der Waals surface area contributed by atoms with Gasteiger partial charge in [-0.25, -0.2) is 0 Å². The van der Waals surface area contributed by atoms with Crippen molar-refractivity contribution in [2.75, 3.05) is 4.90 Å². The molecule has 1 amide bonds. The van der Waals surface area contributed by atoms with Crippen LogP contribution in [0.5, 0.6) is 0 Å². The van der Waals surface area contributed by atoms with Crippen LogP contribution >= 0.6 is 0 Å². The SMILES string of the molecule is Cc1ccc2cccnc2c1N1C(=O)c2ccccc2C2C(=O)OC(C)(C)C21. The normalized spacial score (nSPS) is 22.8. The van der Waals surface area contributed by atoms with Crippen molar-refractivity contribution in [1.82, 2.24) is 4.98 Å². The van der Waals surface area contributed by atoms with E-state index in [1.807, 2.05) is 63.2 Å². The zero-order chi connectivity index (χ0) is 19.6. The van der Waals surface area contributed by atoms with Crippen LogP contribution in [0.2, 0.25) is 0 Å². The van der Waals surface area contributed by atoms with Crippen LogP contribution in [0.1, 0.15) is 41.3 Å². The van der Waals surface area contributed by atoms with E-state index in [1.165, 1.54) is 0 Å². The Kier molecular flexibility index (Phi) is 3.41. The van der Waals surface area contributed by atoms with Crippen LogP contribution in [-0.2, 0) is 9.53 Å². The molecule has 0 bridgehead atoms. The summed E-state index contributed by atoms with van der Waals surface area (Å²) in [5.74, 6) is -0.919. The van der Waals surface area contributed by atoms with Crippen LogP contribution in [0.15, 0.2) is 54.7 Å². The van der Waals surface area contributed by atoms with Gasteiger partial charge in [-0.05, 0) is 44.0 Å². The van der Waals surface area contributed by atoms with Crippen LogP contribution in [0.3, 0.4) is 0 Å². The summed E-state index contributed by atoms with van der Waals surface area (Å²) in [6.45, 7) is 5.71. The minimum Gasteiger partial charge on any atom is -0.457 e. The number of benzene rings is 2. The monoisotopic (exact) mass is 372 g/mol. The molecule has 5 nitrogen and oxygen atoms in total. The highest BCUT2D eigenvalue weighted by Gasteiger charge is 2.58. The Morgan fingerprint density at radius 1 is 1.04 bits per heavy atom. The van der Waals surface area contributed by atoms with Gasteiger partial charge in [0.15, 0.2) is 0 Å². The Balaban J connectivity index is 1.84. The molecule has 1 saturated heterocycles. The molecule has 0 aliphatic carbocycles. The number of pyridine rings is 1. The number of carbonyl (C=O) groups is 2. The van der Waals surface area contributed by atoms with Crippen LogP contribution in [0.25, 0.3) is 10.9 Å². The van der Waals surface area contributed by atoms with E-state index in [4.69, 9.17) is 4.74 Å². The first-order valence-electron chi connectivity index (χ1n) is 9.40. The van der Waals surface area contributed by atoms with E-state index in [9.17, 15) is 9.59 Å². The number of ether oxygens (including phenoxy) is 1. The van der Waals surface area contributed by atoms with Crippen molar-refractivity contribution in [2.45, 2.75) is 38.3 Å². The lowest BCUT2D eigenvalue weighted by Crippen LogP contribution is -2.55. The van der Waals surface area contributed by atoms with Gasteiger partial charge in [-0.2, -0.15) is 0 Å². The van der Waals surface area contributed by atoms with E-state index in [1.54, 1.807) is 17.2 Å². The van der Waals surface area contributed by atoms with E-state index in [2.05, 4.69) is 4.98 Å². The van der Waals surface area contributed by atoms with Gasteiger partial charge in [-0.1, -0.05) is 36.4 Å². The Hall–Kier alpha value is -3.21. The molecular weight excluding hydrogens is 352 g/mol. The highest BCUT2D eigenvalue weighted by atomic mass is 16.6. The maximum absolute atomic E-state index is 13.7. The highest BCUT2D eigenvalue weighted by molar-refractivity contribution is 6.15. The van der Waals surface area contributed by atoms with E-state index in [-0.39, 0.29) is 11.9 Å². The third-order valence-corrected chi connectivity index (χ3v) is 5.86. The minimum absolute atomic E-state index is 0.121. The Morgan fingerprint density at radius 2 is 1.82 bits per heavy atom. The molecule has 1 fully saturated rings. The van der Waals surface area contributed by atoms with E-state index >= 15 is 0 Å². The Bertz CT molecular complexity index is 1150. The molecule has 3 heterocycles. The second-order valence-corrected chi connectivity index (χ2v) is 8.02. The molecule has 1 aromatic heterocycles. The van der Waals surface area contributed by atoms with Crippen molar-refractivity contribution in [3.05, 3.63) is 71.4 Å². The van der Waals surface area contributed by atoms with Gasteiger partial charge in [0.05, 0.1) is 17.2 Å². The molecule has 28 heavy (non-hydrogen) atoms. The summed E-state index contributed by atoms with van der Waals surface area (Å²) in [5.41, 5.74) is 2.92. The lowest BCUT2D eigenvalue weighted by atomic mass is 9.78. The molecule has 3 aromatic rings. The average Bonchev–Trinajstić information content (AvgIpc) is 2.92. The molecule has 0 N–H and O–H groups in total. The van der Waals surface area contributed by atoms with Gasteiger partial charge in [0, 0.05) is 17.1 Å². The highest BCUT2D eigenvalue weighted by Crippen LogP contribution is 2.48. The maximum atomic E-state index is 13.7. The van der Waals surface area contributed by atoms with Crippen LogP contribution in [-0.4, -0.2) is 28.5 Å². The van der Waals surface area contributed by atoms with Gasteiger partial charge in [-0.3, -0.25) is 19.5 Å². The topological polar surface area (TPSA) is 59.5 Å². The second-order valence-electron chi connectivity index (χ2n) is 8.02. The lowest BCUT2D eigenvalue weighted by Gasteiger charge is -2.42. The van der Waals surface area contributed by atoms with E-state index in [0.29, 0.717) is 5.56 Å². The summed E-state index contributed by atoms with van der Waals surface area (Å²) in [6.07, 6.45) is 1.73. The summed E-state index contributed by atoms with van der Waals surface area (Å²) < 4.78 is 5.75. The molecule has 0 spiro atoms. The van der Waals surface area contributed by atoms with Crippen molar-refractivity contribution in [2.24, 2.45) is 0 Å². The molecule has 5 rings (SSSR count). The molecule has 2 aromatic carbocycles. The third-order valence-electron chi connectivity index (χ3n) is 5.86. The van der Waals surface area contributed by atoms with Crippen LogP contribution in [0.4, 0.5) is 5.69 Å². The number of amides is 1. The first-order chi connectivity index (χ1) is 13.4. The minimum atomic E-state index is -0.811. The van der Waals surface area contributed by atoms with Crippen LogP contribution < -0.4 is 4.90 Å². The number of rotatable bonds is 1. The van der Waals surface area contributed by atoms with Crippen molar-refractivity contribution < 1.29 is 14.3 Å². The fourth-order valence-corrected chi connectivity index (χ4v) is 4.66. The van der Waals surface area contributed by atoms with Crippen molar-refractivity contribution in [1.29, 1.82) is 0 Å². The fourth-order valence-electron chi connectivity index (χ4n) is 4.66. The summed E-state index contributed by atoms with van der Waals surface area (Å²) in [6, 6.07) is 14.8. The number of carbonyl (C=O) groups excluding carboxylic acids is 2. The molecule has 2 atom stereocenters. The zero-order valence-corrected chi connectivity index (χ0v) is 16.0. The number of aryl methyl sites for hydroxylation is 1. The van der Waals surface area contributed by atoms with E-state index < -0.39 is 17.6 Å². The van der Waals surface area contributed by atoms with E-state index in [0.717, 1.165) is 27.7 Å². The number of anilines is 1. The lowest BCUT2D eigenvalue weighted by molar-refractivity contribution is -0.147. The molecule has 5 heteroatoms. The number of esters is 1. The van der Waals surface area contributed by atoms with Gasteiger partial charge < -0.3 is 4.74 Å². The second kappa shape index (κ2) is 5.64. The van der Waals surface area contributed by atoms with Gasteiger partial charge in [0.1, 0.15) is 11.5 Å². The largest absolute Gasteiger partial charge is 0.457 e. The third kappa shape index (κ3) is 2.16. The predicted molar refractivity (Wildman–Crippen MR) is 106 cm³/mol. The fraction of sp³-hybridized carbons (Fsp3) is 0.261. The first kappa shape index (κ1) is 16.9. The van der Waals surface area contributed by atoms with Gasteiger partial charge in [0.2, 0.25) is 0 Å². The molecule has 0 radical (unpaired) electrons. The van der Waals surface area contributed by atoms with Crippen molar-refractivity contribution >= 4 is 28.5 Å². The van der Waals surface area contributed by atoms with Gasteiger partial charge in [0.25, 0.3) is 5.91 Å². The smallest absolute Gasteiger partial charge is 0.316 e. The summed E-state index contributed by atoms with van der Waals surface area (Å²) in [4.78, 5) is 32.8. The number of nitrogens with zero attached hydrogens (tertiary/aromatic N) is 2. The van der Waals surface area contributed by atoms with Gasteiger partial charge >= 0.3 is 5.97 Å². The number of cyclic esters (lactones) is 1.